The number of urea groups is 2. The van der Waals surface area contributed by atoms with E-state index in [2.05, 4.69) is 25.8 Å². The third-order valence-electron chi connectivity index (χ3n) is 6.83. The molecule has 1 fully saturated rings. The number of methoxy groups -OCH3 is 1. The van der Waals surface area contributed by atoms with Gasteiger partial charge in [0, 0.05) is 49.9 Å². The maximum absolute atomic E-state index is 13.2. The van der Waals surface area contributed by atoms with Crippen LogP contribution in [0.4, 0.5) is 26.8 Å². The van der Waals surface area contributed by atoms with Gasteiger partial charge in [-0.1, -0.05) is 30.3 Å². The van der Waals surface area contributed by atoms with Crippen LogP contribution < -0.4 is 20.9 Å². The fraction of sp³-hybridized carbons (Fsp3) is 0.321. The molecule has 2 aliphatic heterocycles. The van der Waals surface area contributed by atoms with Crippen molar-refractivity contribution >= 4 is 29.3 Å². The Morgan fingerprint density at radius 3 is 2.59 bits per heavy atom. The van der Waals surface area contributed by atoms with Crippen LogP contribution in [0.2, 0.25) is 0 Å². The molecule has 4 amide bonds. The number of anilines is 3. The van der Waals surface area contributed by atoms with E-state index in [4.69, 9.17) is 4.74 Å². The van der Waals surface area contributed by atoms with Crippen LogP contribution in [-0.2, 0) is 17.8 Å². The first kappa shape index (κ1) is 24.6. The summed E-state index contributed by atoms with van der Waals surface area (Å²) in [6.07, 6.45) is 2.78. The zero-order valence-electron chi connectivity index (χ0n) is 21.1. The number of hydrogen-bond donors (Lipinski definition) is 3. The first-order valence-corrected chi connectivity index (χ1v) is 12.5. The number of rotatable bonds is 5. The second kappa shape index (κ2) is 10.9. The van der Waals surface area contributed by atoms with E-state index >= 15 is 0 Å². The number of pyridine rings is 1. The van der Waals surface area contributed by atoms with Crippen molar-refractivity contribution in [2.75, 3.05) is 35.7 Å². The lowest BCUT2D eigenvalue weighted by Gasteiger charge is -2.26. The number of carbonyl (C=O) groups is 2. The Kier molecular flexibility index (Phi) is 7.23. The van der Waals surface area contributed by atoms with Gasteiger partial charge in [0.2, 0.25) is 0 Å². The number of nitrogens with one attached hydrogen (secondary N) is 3. The van der Waals surface area contributed by atoms with Gasteiger partial charge in [-0.25, -0.2) is 14.6 Å². The van der Waals surface area contributed by atoms with Gasteiger partial charge in [0.1, 0.15) is 5.82 Å². The summed E-state index contributed by atoms with van der Waals surface area (Å²) in [6, 6.07) is 18.7. The van der Waals surface area contributed by atoms with Gasteiger partial charge >= 0.3 is 12.1 Å². The summed E-state index contributed by atoms with van der Waals surface area (Å²) in [5.41, 5.74) is 4.37. The maximum atomic E-state index is 13.2. The van der Waals surface area contributed by atoms with Crippen molar-refractivity contribution in [2.24, 2.45) is 0 Å². The van der Waals surface area contributed by atoms with Gasteiger partial charge < -0.3 is 30.5 Å². The third kappa shape index (κ3) is 5.83. The number of benzene rings is 2. The lowest BCUT2D eigenvalue weighted by Crippen LogP contribution is -2.44. The summed E-state index contributed by atoms with van der Waals surface area (Å²) < 4.78 is 5.61. The molecule has 0 radical (unpaired) electrons. The standard InChI is InChI=1S/C28H32N6O3/c1-19-6-3-9-22(12-19)31-27(35)32-23-10-4-7-20(13-23)15-30-28(36)33-16-21-8-5-11-29-26(21)34-18-25(37-2)14-24(34)17-33/h3-13,24-25H,14-18H2,1-2H3,(H,30,36)(H2,31,32,35). The smallest absolute Gasteiger partial charge is 0.323 e. The molecule has 0 aliphatic carbocycles. The highest BCUT2D eigenvalue weighted by Gasteiger charge is 2.38. The minimum absolute atomic E-state index is 0.126. The van der Waals surface area contributed by atoms with E-state index in [0.29, 0.717) is 25.3 Å². The molecular formula is C28H32N6O3. The average molecular weight is 501 g/mol. The molecule has 0 spiro atoms. The molecular weight excluding hydrogens is 468 g/mol. The minimum atomic E-state index is -0.320. The van der Waals surface area contributed by atoms with Crippen molar-refractivity contribution in [3.05, 3.63) is 83.6 Å². The van der Waals surface area contributed by atoms with Crippen LogP contribution in [0.1, 0.15) is 23.1 Å². The SMILES string of the molecule is COC1CC2CN(C(=O)NCc3cccc(NC(=O)Nc4cccc(C)c4)c3)Cc3cccnc3N2C1. The van der Waals surface area contributed by atoms with E-state index in [0.717, 1.165) is 41.2 Å². The average Bonchev–Trinajstić information content (AvgIpc) is 3.23. The molecule has 3 heterocycles. The molecule has 0 saturated carbocycles. The van der Waals surface area contributed by atoms with Gasteiger partial charge in [0.25, 0.3) is 0 Å². The van der Waals surface area contributed by atoms with Crippen LogP contribution in [0.3, 0.4) is 0 Å². The van der Waals surface area contributed by atoms with Gasteiger partial charge in [-0.15, -0.1) is 0 Å². The molecule has 5 rings (SSSR count). The van der Waals surface area contributed by atoms with E-state index < -0.39 is 0 Å². The highest BCUT2D eigenvalue weighted by molar-refractivity contribution is 5.99. The number of aryl methyl sites for hydroxylation is 1. The fourth-order valence-electron chi connectivity index (χ4n) is 5.03. The molecule has 1 aromatic heterocycles. The van der Waals surface area contributed by atoms with Gasteiger partial charge in [0.15, 0.2) is 0 Å². The first-order valence-electron chi connectivity index (χ1n) is 12.5. The molecule has 192 valence electrons. The zero-order chi connectivity index (χ0) is 25.8. The van der Waals surface area contributed by atoms with E-state index in [1.54, 1.807) is 13.3 Å². The van der Waals surface area contributed by atoms with Crippen molar-refractivity contribution in [1.29, 1.82) is 0 Å². The topological polar surface area (TPSA) is 98.8 Å². The normalized spacial score (nSPS) is 18.4. The van der Waals surface area contributed by atoms with Gasteiger partial charge in [-0.3, -0.25) is 0 Å². The van der Waals surface area contributed by atoms with Gasteiger partial charge in [0.05, 0.1) is 18.7 Å². The second-order valence-electron chi connectivity index (χ2n) is 9.57. The van der Waals surface area contributed by atoms with Crippen LogP contribution in [0, 0.1) is 6.92 Å². The summed E-state index contributed by atoms with van der Waals surface area (Å²) in [6.45, 7) is 4.20. The molecule has 2 atom stereocenters. The predicted octanol–water partition coefficient (Wildman–Crippen LogP) is 4.35. The molecule has 37 heavy (non-hydrogen) atoms. The molecule has 3 N–H and O–H groups in total. The molecule has 2 aliphatic rings. The Hall–Kier alpha value is -4.11. The number of aromatic nitrogens is 1. The number of amides is 4. The van der Waals surface area contributed by atoms with Gasteiger partial charge in [-0.05, 0) is 54.8 Å². The van der Waals surface area contributed by atoms with Crippen LogP contribution >= 0.6 is 0 Å². The fourth-order valence-corrected chi connectivity index (χ4v) is 5.03. The number of carbonyl (C=O) groups excluding carboxylic acids is 2. The quantitative estimate of drug-likeness (QED) is 0.484. The molecule has 9 heteroatoms. The second-order valence-corrected chi connectivity index (χ2v) is 9.57. The van der Waals surface area contributed by atoms with Crippen LogP contribution in [0.15, 0.2) is 66.9 Å². The molecule has 2 unspecified atom stereocenters. The summed E-state index contributed by atoms with van der Waals surface area (Å²) >= 11 is 0. The first-order chi connectivity index (χ1) is 18.0. The van der Waals surface area contributed by atoms with Crippen molar-refractivity contribution < 1.29 is 14.3 Å². The summed E-state index contributed by atoms with van der Waals surface area (Å²) in [5.74, 6) is 0.935. The maximum Gasteiger partial charge on any atom is 0.323 e. The Morgan fingerprint density at radius 1 is 1.03 bits per heavy atom. The van der Waals surface area contributed by atoms with Crippen LogP contribution in [0.5, 0.6) is 0 Å². The van der Waals surface area contributed by atoms with E-state index in [9.17, 15) is 9.59 Å². The number of fused-ring (bicyclic) bond motifs is 3. The Balaban J connectivity index is 1.21. The predicted molar refractivity (Wildman–Crippen MR) is 144 cm³/mol. The van der Waals surface area contributed by atoms with Crippen LogP contribution in [0.25, 0.3) is 0 Å². The Bertz CT molecular complexity index is 1280. The lowest BCUT2D eigenvalue weighted by molar-refractivity contribution is 0.116. The third-order valence-corrected chi connectivity index (χ3v) is 6.83. The van der Waals surface area contributed by atoms with Crippen LogP contribution in [-0.4, -0.2) is 54.3 Å². The molecule has 2 aromatic carbocycles. The van der Waals surface area contributed by atoms with Crippen molar-refractivity contribution in [1.82, 2.24) is 15.2 Å². The highest BCUT2D eigenvalue weighted by Crippen LogP contribution is 2.32. The number of nitrogens with zero attached hydrogens (tertiary/aromatic N) is 3. The molecule has 9 nitrogen and oxygen atoms in total. The number of ether oxygens (including phenoxy) is 1. The number of hydrogen-bond acceptors (Lipinski definition) is 5. The summed E-state index contributed by atoms with van der Waals surface area (Å²) in [4.78, 5) is 34.4. The van der Waals surface area contributed by atoms with Gasteiger partial charge in [-0.2, -0.15) is 0 Å². The largest absolute Gasteiger partial charge is 0.380 e. The molecule has 0 bridgehead atoms. The Morgan fingerprint density at radius 2 is 1.81 bits per heavy atom. The van der Waals surface area contributed by atoms with Crippen molar-refractivity contribution in [2.45, 2.75) is 38.6 Å². The highest BCUT2D eigenvalue weighted by atomic mass is 16.5. The van der Waals surface area contributed by atoms with E-state index in [1.165, 1.54) is 0 Å². The van der Waals surface area contributed by atoms with E-state index in [1.807, 2.05) is 72.5 Å². The van der Waals surface area contributed by atoms with E-state index in [-0.39, 0.29) is 24.2 Å². The van der Waals surface area contributed by atoms with Crippen molar-refractivity contribution in [3.63, 3.8) is 0 Å². The zero-order valence-corrected chi connectivity index (χ0v) is 21.1. The monoisotopic (exact) mass is 500 g/mol. The molecule has 1 saturated heterocycles. The molecule has 3 aromatic rings. The summed E-state index contributed by atoms with van der Waals surface area (Å²) in [7, 11) is 1.73. The Labute approximate surface area is 216 Å². The minimum Gasteiger partial charge on any atom is -0.380 e. The summed E-state index contributed by atoms with van der Waals surface area (Å²) in [5, 5.41) is 8.74. The lowest BCUT2D eigenvalue weighted by atomic mass is 10.2. The van der Waals surface area contributed by atoms with Crippen molar-refractivity contribution in [3.8, 4) is 0 Å².